The molecule has 2 fully saturated rings. The number of hydrogen-bond acceptors (Lipinski definition) is 1. The maximum Gasteiger partial charge on any atom is 0.0284 e. The van der Waals surface area contributed by atoms with Gasteiger partial charge in [-0.1, -0.05) is 38.2 Å². The lowest BCUT2D eigenvalue weighted by molar-refractivity contribution is 0.140. The summed E-state index contributed by atoms with van der Waals surface area (Å²) in [4.78, 5) is 2.61. The fourth-order valence-corrected chi connectivity index (χ4v) is 4.32. The molecule has 1 nitrogen and oxygen atoms in total. The SMILES string of the molecule is C1=CN(C2CCC(C3CCCCC3)CC2)CC1. The second-order valence-electron chi connectivity index (χ2n) is 6.38. The Morgan fingerprint density at radius 1 is 0.765 bits per heavy atom. The Bertz CT molecular complexity index is 257. The number of nitrogens with zero attached hydrogens (tertiary/aromatic N) is 1. The molecule has 1 heterocycles. The van der Waals surface area contributed by atoms with Gasteiger partial charge in [-0.3, -0.25) is 0 Å². The van der Waals surface area contributed by atoms with E-state index in [9.17, 15) is 0 Å². The summed E-state index contributed by atoms with van der Waals surface area (Å²) >= 11 is 0. The van der Waals surface area contributed by atoms with Crippen molar-refractivity contribution in [1.82, 2.24) is 4.90 Å². The van der Waals surface area contributed by atoms with Crippen LogP contribution in [0.25, 0.3) is 0 Å². The minimum Gasteiger partial charge on any atom is -0.374 e. The average Bonchev–Trinajstić information content (AvgIpc) is 2.94. The first-order chi connectivity index (χ1) is 8.43. The standard InChI is InChI=1S/C16H27N/c1-2-6-14(7-3-1)15-8-10-16(11-9-15)17-12-4-5-13-17/h4,12,14-16H,1-3,5-11,13H2. The van der Waals surface area contributed by atoms with E-state index in [4.69, 9.17) is 0 Å². The van der Waals surface area contributed by atoms with Crippen molar-refractivity contribution in [3.05, 3.63) is 12.3 Å². The van der Waals surface area contributed by atoms with E-state index in [1.165, 1.54) is 57.9 Å². The summed E-state index contributed by atoms with van der Waals surface area (Å²) in [5, 5.41) is 0. The maximum atomic E-state index is 2.61. The highest BCUT2D eigenvalue weighted by Crippen LogP contribution is 2.39. The van der Waals surface area contributed by atoms with Gasteiger partial charge in [0, 0.05) is 12.6 Å². The van der Waals surface area contributed by atoms with Gasteiger partial charge in [0.05, 0.1) is 0 Å². The summed E-state index contributed by atoms with van der Waals surface area (Å²) in [5.74, 6) is 2.18. The van der Waals surface area contributed by atoms with E-state index < -0.39 is 0 Å². The number of rotatable bonds is 2. The Balaban J connectivity index is 1.48. The lowest BCUT2D eigenvalue weighted by Gasteiger charge is -2.39. The summed E-state index contributed by atoms with van der Waals surface area (Å²) in [6, 6.07) is 0.883. The molecule has 0 aromatic heterocycles. The molecule has 0 aromatic carbocycles. The first kappa shape index (κ1) is 11.6. The Morgan fingerprint density at radius 3 is 2.12 bits per heavy atom. The van der Waals surface area contributed by atoms with Crippen LogP contribution in [0.1, 0.15) is 64.2 Å². The number of hydrogen-bond donors (Lipinski definition) is 0. The zero-order valence-corrected chi connectivity index (χ0v) is 11.1. The third kappa shape index (κ3) is 2.69. The summed E-state index contributed by atoms with van der Waals surface area (Å²) in [6.45, 7) is 1.29. The predicted molar refractivity (Wildman–Crippen MR) is 72.8 cm³/mol. The maximum absolute atomic E-state index is 2.61. The molecule has 3 aliphatic rings. The predicted octanol–water partition coefficient (Wildman–Crippen LogP) is 4.34. The van der Waals surface area contributed by atoms with E-state index >= 15 is 0 Å². The first-order valence-electron chi connectivity index (χ1n) is 7.86. The Labute approximate surface area is 106 Å². The second-order valence-corrected chi connectivity index (χ2v) is 6.38. The van der Waals surface area contributed by atoms with Crippen LogP contribution in [0.2, 0.25) is 0 Å². The molecular weight excluding hydrogens is 206 g/mol. The monoisotopic (exact) mass is 233 g/mol. The van der Waals surface area contributed by atoms with Crippen LogP contribution < -0.4 is 0 Å². The molecule has 0 radical (unpaired) electrons. The average molecular weight is 233 g/mol. The van der Waals surface area contributed by atoms with E-state index in [0.29, 0.717) is 0 Å². The molecule has 3 rings (SSSR count). The lowest BCUT2D eigenvalue weighted by atomic mass is 9.72. The van der Waals surface area contributed by atoms with E-state index in [1.54, 1.807) is 12.8 Å². The minimum atomic E-state index is 0.883. The van der Waals surface area contributed by atoms with Gasteiger partial charge in [0.25, 0.3) is 0 Å². The fraction of sp³-hybridized carbons (Fsp3) is 0.875. The molecule has 0 spiro atoms. The van der Waals surface area contributed by atoms with E-state index in [-0.39, 0.29) is 0 Å². The third-order valence-electron chi connectivity index (χ3n) is 5.38. The minimum absolute atomic E-state index is 0.883. The smallest absolute Gasteiger partial charge is 0.0284 e. The highest BCUT2D eigenvalue weighted by Gasteiger charge is 2.30. The molecule has 17 heavy (non-hydrogen) atoms. The van der Waals surface area contributed by atoms with Crippen molar-refractivity contribution < 1.29 is 0 Å². The van der Waals surface area contributed by atoms with Gasteiger partial charge < -0.3 is 4.90 Å². The van der Waals surface area contributed by atoms with Gasteiger partial charge in [0.15, 0.2) is 0 Å². The molecule has 0 amide bonds. The fourth-order valence-electron chi connectivity index (χ4n) is 4.32. The van der Waals surface area contributed by atoms with Gasteiger partial charge in [-0.05, 0) is 50.1 Å². The van der Waals surface area contributed by atoms with Gasteiger partial charge in [0.1, 0.15) is 0 Å². The molecule has 0 aromatic rings. The van der Waals surface area contributed by atoms with Crippen LogP contribution in [0.5, 0.6) is 0 Å². The summed E-state index contributed by atoms with van der Waals surface area (Å²) in [5.41, 5.74) is 0. The van der Waals surface area contributed by atoms with Crippen molar-refractivity contribution in [3.63, 3.8) is 0 Å². The summed E-state index contributed by atoms with van der Waals surface area (Å²) in [6.07, 6.45) is 19.5. The van der Waals surface area contributed by atoms with Crippen molar-refractivity contribution in [1.29, 1.82) is 0 Å². The van der Waals surface area contributed by atoms with E-state index in [0.717, 1.165) is 17.9 Å². The van der Waals surface area contributed by atoms with Crippen LogP contribution in [0, 0.1) is 11.8 Å². The zero-order chi connectivity index (χ0) is 11.5. The van der Waals surface area contributed by atoms with E-state index in [1.807, 2.05) is 0 Å². The molecule has 2 aliphatic carbocycles. The van der Waals surface area contributed by atoms with Gasteiger partial charge in [-0.15, -0.1) is 0 Å². The molecule has 0 bridgehead atoms. The highest BCUT2D eigenvalue weighted by atomic mass is 15.1. The molecule has 0 N–H and O–H groups in total. The van der Waals surface area contributed by atoms with Crippen molar-refractivity contribution in [3.8, 4) is 0 Å². The van der Waals surface area contributed by atoms with Crippen LogP contribution in [-0.4, -0.2) is 17.5 Å². The van der Waals surface area contributed by atoms with Crippen molar-refractivity contribution >= 4 is 0 Å². The molecule has 0 unspecified atom stereocenters. The Morgan fingerprint density at radius 2 is 1.47 bits per heavy atom. The van der Waals surface area contributed by atoms with Crippen LogP contribution in [0.15, 0.2) is 12.3 Å². The molecule has 1 heteroatoms. The van der Waals surface area contributed by atoms with Crippen LogP contribution in [-0.2, 0) is 0 Å². The molecule has 0 atom stereocenters. The quantitative estimate of drug-likeness (QED) is 0.685. The Hall–Kier alpha value is -0.460. The van der Waals surface area contributed by atoms with Crippen molar-refractivity contribution in [2.24, 2.45) is 11.8 Å². The normalized spacial score (nSPS) is 35.4. The van der Waals surface area contributed by atoms with E-state index in [2.05, 4.69) is 17.2 Å². The largest absolute Gasteiger partial charge is 0.374 e. The van der Waals surface area contributed by atoms with Crippen LogP contribution in [0.4, 0.5) is 0 Å². The third-order valence-corrected chi connectivity index (χ3v) is 5.38. The lowest BCUT2D eigenvalue weighted by Crippen LogP contribution is -2.35. The van der Waals surface area contributed by atoms with Gasteiger partial charge in [0.2, 0.25) is 0 Å². The van der Waals surface area contributed by atoms with Gasteiger partial charge in [-0.25, -0.2) is 0 Å². The van der Waals surface area contributed by atoms with Gasteiger partial charge >= 0.3 is 0 Å². The molecule has 0 saturated heterocycles. The Kier molecular flexibility index (Phi) is 3.73. The molecule has 1 aliphatic heterocycles. The highest BCUT2D eigenvalue weighted by molar-refractivity contribution is 4.96. The summed E-state index contributed by atoms with van der Waals surface area (Å²) < 4.78 is 0. The van der Waals surface area contributed by atoms with Crippen LogP contribution >= 0.6 is 0 Å². The van der Waals surface area contributed by atoms with Crippen molar-refractivity contribution in [2.45, 2.75) is 70.3 Å². The summed E-state index contributed by atoms with van der Waals surface area (Å²) in [7, 11) is 0. The first-order valence-corrected chi connectivity index (χ1v) is 7.86. The second kappa shape index (κ2) is 5.46. The van der Waals surface area contributed by atoms with Crippen molar-refractivity contribution in [2.75, 3.05) is 6.54 Å². The topological polar surface area (TPSA) is 3.24 Å². The van der Waals surface area contributed by atoms with Crippen LogP contribution in [0.3, 0.4) is 0 Å². The van der Waals surface area contributed by atoms with Gasteiger partial charge in [-0.2, -0.15) is 0 Å². The molecule has 2 saturated carbocycles. The zero-order valence-electron chi connectivity index (χ0n) is 11.1. The molecular formula is C16H27N. The molecule has 96 valence electrons.